The van der Waals surface area contributed by atoms with Gasteiger partial charge in [0, 0.05) is 6.92 Å². The van der Waals surface area contributed by atoms with Crippen LogP contribution in [0.25, 0.3) is 0 Å². The third kappa shape index (κ3) is 6.71. The molecule has 1 unspecified atom stereocenters. The second kappa shape index (κ2) is 7.62. The van der Waals surface area contributed by atoms with E-state index in [-0.39, 0.29) is 12.3 Å². The van der Waals surface area contributed by atoms with E-state index in [1.54, 1.807) is 0 Å². The van der Waals surface area contributed by atoms with Crippen molar-refractivity contribution < 1.29 is 19.1 Å². The average molecular weight is 223 g/mol. The number of esters is 2. The maximum absolute atomic E-state index is 11.1. The van der Waals surface area contributed by atoms with Crippen molar-refractivity contribution in [3.05, 3.63) is 0 Å². The number of halogens is 1. The molecule has 0 bridgehead atoms. The minimum atomic E-state index is -0.585. The Morgan fingerprint density at radius 2 is 2.07 bits per heavy atom. The Labute approximate surface area is 88.5 Å². The zero-order valence-corrected chi connectivity index (χ0v) is 9.17. The molecule has 0 aliphatic rings. The number of alkyl halides is 1. The fourth-order valence-corrected chi connectivity index (χ4v) is 0.995. The third-order valence-corrected chi connectivity index (χ3v) is 1.71. The van der Waals surface area contributed by atoms with E-state index in [1.807, 2.05) is 6.92 Å². The van der Waals surface area contributed by atoms with Gasteiger partial charge in [-0.05, 0) is 6.42 Å². The number of hydrogen-bond donors (Lipinski definition) is 0. The van der Waals surface area contributed by atoms with Crippen LogP contribution >= 0.6 is 11.6 Å². The van der Waals surface area contributed by atoms with E-state index < -0.39 is 18.0 Å². The predicted molar refractivity (Wildman–Crippen MR) is 52.1 cm³/mol. The Balaban J connectivity index is 3.80. The van der Waals surface area contributed by atoms with Gasteiger partial charge in [-0.2, -0.15) is 0 Å². The van der Waals surface area contributed by atoms with Gasteiger partial charge in [0.15, 0.2) is 0 Å². The van der Waals surface area contributed by atoms with Crippen molar-refractivity contribution in [2.75, 3.05) is 12.5 Å². The fourth-order valence-electron chi connectivity index (χ4n) is 0.823. The van der Waals surface area contributed by atoms with Crippen LogP contribution in [0.2, 0.25) is 0 Å². The summed E-state index contributed by atoms with van der Waals surface area (Å²) in [6.07, 6.45) is 0.201. The Morgan fingerprint density at radius 1 is 1.43 bits per heavy atom. The van der Waals surface area contributed by atoms with Gasteiger partial charge >= 0.3 is 11.9 Å². The molecule has 0 aromatic carbocycles. The molecule has 0 aliphatic heterocycles. The monoisotopic (exact) mass is 222 g/mol. The standard InChI is InChI=1S/C9H15ClO4/c1-3-4-13-9(12)5-8(6-10)14-7(2)11/h8H,3-6H2,1-2H3. The van der Waals surface area contributed by atoms with Crippen molar-refractivity contribution >= 4 is 23.5 Å². The number of hydrogen-bond acceptors (Lipinski definition) is 4. The van der Waals surface area contributed by atoms with Gasteiger partial charge in [-0.3, -0.25) is 9.59 Å². The molecule has 4 nitrogen and oxygen atoms in total. The van der Waals surface area contributed by atoms with E-state index >= 15 is 0 Å². The lowest BCUT2D eigenvalue weighted by atomic mass is 10.3. The van der Waals surface area contributed by atoms with Crippen molar-refractivity contribution in [1.29, 1.82) is 0 Å². The SMILES string of the molecule is CCCOC(=O)CC(CCl)OC(C)=O. The summed E-state index contributed by atoms with van der Waals surface area (Å²) >= 11 is 5.50. The Kier molecular flexibility index (Phi) is 7.20. The van der Waals surface area contributed by atoms with Crippen LogP contribution in [0.3, 0.4) is 0 Å². The molecule has 0 radical (unpaired) electrons. The van der Waals surface area contributed by atoms with Gasteiger partial charge in [0.25, 0.3) is 0 Å². The van der Waals surface area contributed by atoms with Crippen molar-refractivity contribution in [2.45, 2.75) is 32.8 Å². The average Bonchev–Trinajstić information content (AvgIpc) is 2.12. The van der Waals surface area contributed by atoms with Gasteiger partial charge in [0.05, 0.1) is 18.9 Å². The van der Waals surface area contributed by atoms with Crippen LogP contribution in [0, 0.1) is 0 Å². The van der Waals surface area contributed by atoms with Crippen LogP contribution < -0.4 is 0 Å². The minimum absolute atomic E-state index is 0.0169. The van der Waals surface area contributed by atoms with Gasteiger partial charge < -0.3 is 9.47 Å². The molecule has 0 heterocycles. The number of carbonyl (C=O) groups excluding carboxylic acids is 2. The van der Waals surface area contributed by atoms with Gasteiger partial charge in [-0.25, -0.2) is 0 Å². The summed E-state index contributed by atoms with van der Waals surface area (Å²) < 4.78 is 9.59. The van der Waals surface area contributed by atoms with Crippen LogP contribution in [0.5, 0.6) is 0 Å². The number of carbonyl (C=O) groups is 2. The lowest BCUT2D eigenvalue weighted by molar-refractivity contribution is -0.152. The molecule has 5 heteroatoms. The predicted octanol–water partition coefficient (Wildman–Crippen LogP) is 1.50. The first-order valence-electron chi connectivity index (χ1n) is 4.49. The molecular formula is C9H15ClO4. The maximum atomic E-state index is 11.1. The van der Waals surface area contributed by atoms with Gasteiger partial charge in [-0.1, -0.05) is 6.92 Å². The second-order valence-corrected chi connectivity index (χ2v) is 3.12. The van der Waals surface area contributed by atoms with Gasteiger partial charge in [0.2, 0.25) is 0 Å². The summed E-state index contributed by atoms with van der Waals surface area (Å²) in [6, 6.07) is 0. The van der Waals surface area contributed by atoms with Crippen LogP contribution in [-0.4, -0.2) is 30.5 Å². The van der Waals surface area contributed by atoms with Crippen LogP contribution in [0.15, 0.2) is 0 Å². The molecule has 0 saturated heterocycles. The summed E-state index contributed by atoms with van der Waals surface area (Å²) in [5.74, 6) is -0.737. The summed E-state index contributed by atoms with van der Waals surface area (Å²) in [4.78, 5) is 21.7. The van der Waals surface area contributed by atoms with Crippen molar-refractivity contribution in [3.8, 4) is 0 Å². The largest absolute Gasteiger partial charge is 0.466 e. The molecule has 82 valence electrons. The smallest absolute Gasteiger partial charge is 0.309 e. The second-order valence-electron chi connectivity index (χ2n) is 2.81. The summed E-state index contributed by atoms with van der Waals surface area (Å²) in [5, 5.41) is 0. The number of ether oxygens (including phenoxy) is 2. The van der Waals surface area contributed by atoms with E-state index in [2.05, 4.69) is 0 Å². The van der Waals surface area contributed by atoms with E-state index in [4.69, 9.17) is 21.1 Å². The van der Waals surface area contributed by atoms with E-state index in [0.717, 1.165) is 6.42 Å². The molecule has 0 aromatic heterocycles. The summed E-state index contributed by atoms with van der Waals surface area (Å²) in [7, 11) is 0. The highest BCUT2D eigenvalue weighted by atomic mass is 35.5. The fraction of sp³-hybridized carbons (Fsp3) is 0.778. The highest BCUT2D eigenvalue weighted by Gasteiger charge is 2.16. The third-order valence-electron chi connectivity index (χ3n) is 1.37. The normalized spacial score (nSPS) is 11.9. The topological polar surface area (TPSA) is 52.6 Å². The zero-order chi connectivity index (χ0) is 11.0. The summed E-state index contributed by atoms with van der Waals surface area (Å²) in [5.41, 5.74) is 0. The first-order chi connectivity index (χ1) is 6.60. The Hall–Kier alpha value is -0.770. The lowest BCUT2D eigenvalue weighted by Gasteiger charge is -2.12. The molecule has 0 fully saturated rings. The van der Waals surface area contributed by atoms with E-state index in [1.165, 1.54) is 6.92 Å². The van der Waals surface area contributed by atoms with Crippen molar-refractivity contribution in [1.82, 2.24) is 0 Å². The molecule has 0 saturated carbocycles. The molecule has 0 aromatic rings. The first kappa shape index (κ1) is 13.2. The molecule has 0 aliphatic carbocycles. The summed E-state index contributed by atoms with van der Waals surface area (Å²) in [6.45, 7) is 3.56. The van der Waals surface area contributed by atoms with Crippen molar-refractivity contribution in [2.24, 2.45) is 0 Å². The molecule has 0 N–H and O–H groups in total. The highest BCUT2D eigenvalue weighted by Crippen LogP contribution is 2.03. The molecule has 1 atom stereocenters. The highest BCUT2D eigenvalue weighted by molar-refractivity contribution is 6.18. The van der Waals surface area contributed by atoms with Crippen LogP contribution in [-0.2, 0) is 19.1 Å². The van der Waals surface area contributed by atoms with Gasteiger partial charge in [-0.15, -0.1) is 11.6 Å². The zero-order valence-electron chi connectivity index (χ0n) is 8.42. The lowest BCUT2D eigenvalue weighted by Crippen LogP contribution is -2.23. The van der Waals surface area contributed by atoms with Crippen molar-refractivity contribution in [3.63, 3.8) is 0 Å². The van der Waals surface area contributed by atoms with Gasteiger partial charge in [0.1, 0.15) is 6.10 Å². The number of rotatable bonds is 6. The first-order valence-corrected chi connectivity index (χ1v) is 5.02. The van der Waals surface area contributed by atoms with E-state index in [0.29, 0.717) is 6.61 Å². The maximum Gasteiger partial charge on any atom is 0.309 e. The molecular weight excluding hydrogens is 208 g/mol. The quantitative estimate of drug-likeness (QED) is 0.505. The molecule has 0 spiro atoms. The molecule has 0 rings (SSSR count). The molecule has 0 amide bonds. The van der Waals surface area contributed by atoms with Crippen LogP contribution in [0.4, 0.5) is 0 Å². The Morgan fingerprint density at radius 3 is 2.50 bits per heavy atom. The van der Waals surface area contributed by atoms with Crippen LogP contribution in [0.1, 0.15) is 26.7 Å². The Bertz CT molecular complexity index is 193. The molecule has 14 heavy (non-hydrogen) atoms. The minimum Gasteiger partial charge on any atom is -0.466 e. The van der Waals surface area contributed by atoms with E-state index in [9.17, 15) is 9.59 Å².